The van der Waals surface area contributed by atoms with Crippen LogP contribution in [0, 0.1) is 6.92 Å². The van der Waals surface area contributed by atoms with Gasteiger partial charge in [-0.2, -0.15) is 0 Å². The van der Waals surface area contributed by atoms with Crippen LogP contribution in [-0.4, -0.2) is 11.6 Å². The maximum Gasteiger partial charge on any atom is 0.196 e. The number of benzene rings is 3. The lowest BCUT2D eigenvalue weighted by atomic mass is 9.96. The predicted molar refractivity (Wildman–Crippen MR) is 111 cm³/mol. The zero-order valence-electron chi connectivity index (χ0n) is 15.3. The fourth-order valence-corrected chi connectivity index (χ4v) is 3.88. The molecule has 0 aliphatic heterocycles. The number of hydrogen-bond donors (Lipinski definition) is 1. The van der Waals surface area contributed by atoms with E-state index in [2.05, 4.69) is 5.32 Å². The minimum Gasteiger partial charge on any atom is -0.354 e. The summed E-state index contributed by atoms with van der Waals surface area (Å²) in [5.41, 5.74) is 7.04. The highest BCUT2D eigenvalue weighted by Crippen LogP contribution is 2.43. The molecule has 3 nitrogen and oxygen atoms in total. The van der Waals surface area contributed by atoms with Crippen LogP contribution in [-0.2, 0) is 0 Å². The van der Waals surface area contributed by atoms with E-state index in [-0.39, 0.29) is 11.6 Å². The van der Waals surface area contributed by atoms with E-state index in [9.17, 15) is 9.59 Å². The Morgan fingerprint density at radius 1 is 0.679 bits per heavy atom. The Hall–Kier alpha value is -3.72. The highest BCUT2D eigenvalue weighted by molar-refractivity contribution is 6.34. The number of carbonyl (C=O) groups is 2. The van der Waals surface area contributed by atoms with E-state index in [1.54, 1.807) is 12.1 Å². The van der Waals surface area contributed by atoms with Gasteiger partial charge in [0.1, 0.15) is 0 Å². The number of rotatable bonds is 3. The van der Waals surface area contributed by atoms with E-state index >= 15 is 0 Å². The van der Waals surface area contributed by atoms with E-state index < -0.39 is 0 Å². The van der Waals surface area contributed by atoms with Gasteiger partial charge in [0.25, 0.3) is 0 Å². The summed E-state index contributed by atoms with van der Waals surface area (Å²) in [5, 5.41) is 3.43. The van der Waals surface area contributed by atoms with Crippen LogP contribution >= 0.6 is 0 Å². The average Bonchev–Trinajstić information content (AvgIpc) is 3.19. The lowest BCUT2D eigenvalue weighted by molar-refractivity contribution is 0.104. The van der Waals surface area contributed by atoms with Crippen molar-refractivity contribution in [3.05, 3.63) is 112 Å². The summed E-state index contributed by atoms with van der Waals surface area (Å²) in [6.07, 6.45) is 1.58. The quantitative estimate of drug-likeness (QED) is 0.687. The molecule has 3 aromatic rings. The molecular formula is C25H17NO2. The summed E-state index contributed by atoms with van der Waals surface area (Å²) in [6, 6.07) is 23.1. The molecule has 0 fully saturated rings. The molecule has 0 radical (unpaired) electrons. The number of Topliss-reactive ketones (excluding diaryl/α,β-unsaturated/α-hetero) is 1. The number of anilines is 1. The number of nitrogens with one attached hydrogen (secondary N) is 1. The fourth-order valence-electron chi connectivity index (χ4n) is 3.88. The van der Waals surface area contributed by atoms with Gasteiger partial charge in [-0.05, 0) is 36.3 Å². The standard InChI is InChI=1S/C25H17NO2/c1-15-10-12-16(13-11-15)26-24-19-8-4-5-9-20(19)25(28)23(24)21-14-22(27)18-7-3-2-6-17(18)21/h2-14,26H,1H3. The number of hydrogen-bond acceptors (Lipinski definition) is 3. The first-order valence-corrected chi connectivity index (χ1v) is 9.21. The monoisotopic (exact) mass is 363 g/mol. The Morgan fingerprint density at radius 2 is 1.29 bits per heavy atom. The van der Waals surface area contributed by atoms with E-state index in [1.807, 2.05) is 73.7 Å². The van der Waals surface area contributed by atoms with Crippen LogP contribution < -0.4 is 5.32 Å². The molecule has 28 heavy (non-hydrogen) atoms. The number of allylic oxidation sites excluding steroid dienone is 3. The Labute approximate surface area is 163 Å². The lowest BCUT2D eigenvalue weighted by Gasteiger charge is -2.13. The third-order valence-corrected chi connectivity index (χ3v) is 5.27. The zero-order valence-corrected chi connectivity index (χ0v) is 15.3. The Kier molecular flexibility index (Phi) is 3.63. The normalized spacial score (nSPS) is 14.8. The Balaban J connectivity index is 1.71. The van der Waals surface area contributed by atoms with Crippen LogP contribution in [0.25, 0.3) is 11.3 Å². The molecule has 3 heteroatoms. The largest absolute Gasteiger partial charge is 0.354 e. The summed E-state index contributed by atoms with van der Waals surface area (Å²) < 4.78 is 0. The van der Waals surface area contributed by atoms with Gasteiger partial charge in [0, 0.05) is 22.4 Å². The van der Waals surface area contributed by atoms with Crippen LogP contribution in [0.3, 0.4) is 0 Å². The second-order valence-electron chi connectivity index (χ2n) is 7.08. The van der Waals surface area contributed by atoms with Crippen molar-refractivity contribution in [2.24, 2.45) is 0 Å². The first-order chi connectivity index (χ1) is 13.6. The minimum absolute atomic E-state index is 0.0547. The van der Waals surface area contributed by atoms with Crippen molar-refractivity contribution >= 4 is 28.5 Å². The van der Waals surface area contributed by atoms with Gasteiger partial charge < -0.3 is 5.32 Å². The summed E-state index contributed by atoms with van der Waals surface area (Å²) in [4.78, 5) is 25.8. The van der Waals surface area contributed by atoms with Gasteiger partial charge in [-0.1, -0.05) is 66.2 Å². The third kappa shape index (κ3) is 2.44. The number of aryl methyl sites for hydroxylation is 1. The van der Waals surface area contributed by atoms with E-state index in [1.165, 1.54) is 5.56 Å². The van der Waals surface area contributed by atoms with Crippen LogP contribution in [0.15, 0.2) is 84.4 Å². The molecule has 0 amide bonds. The van der Waals surface area contributed by atoms with Gasteiger partial charge in [0.2, 0.25) is 0 Å². The van der Waals surface area contributed by atoms with Crippen molar-refractivity contribution in [2.45, 2.75) is 6.92 Å². The predicted octanol–water partition coefficient (Wildman–Crippen LogP) is 5.29. The molecule has 0 bridgehead atoms. The second kappa shape index (κ2) is 6.17. The SMILES string of the molecule is Cc1ccc(NC2=C(C3=CC(=O)c4ccccc43)C(=O)c3ccccc32)cc1. The zero-order chi connectivity index (χ0) is 19.3. The molecule has 0 saturated carbocycles. The van der Waals surface area contributed by atoms with Crippen LogP contribution in [0.4, 0.5) is 5.69 Å². The molecule has 134 valence electrons. The highest BCUT2D eigenvalue weighted by Gasteiger charge is 2.35. The van der Waals surface area contributed by atoms with Gasteiger partial charge in [0.15, 0.2) is 11.6 Å². The fraction of sp³-hybridized carbons (Fsp3) is 0.0400. The van der Waals surface area contributed by atoms with Gasteiger partial charge in [0.05, 0.1) is 11.3 Å². The molecule has 3 aromatic carbocycles. The molecular weight excluding hydrogens is 346 g/mol. The van der Waals surface area contributed by atoms with E-state index in [4.69, 9.17) is 0 Å². The number of fused-ring (bicyclic) bond motifs is 2. The molecule has 0 atom stereocenters. The van der Waals surface area contributed by atoms with E-state index in [0.717, 1.165) is 22.5 Å². The van der Waals surface area contributed by atoms with Crippen LogP contribution in [0.2, 0.25) is 0 Å². The topological polar surface area (TPSA) is 46.2 Å². The molecule has 2 aliphatic carbocycles. The molecule has 0 unspecified atom stereocenters. The van der Waals surface area contributed by atoms with Crippen LogP contribution in [0.5, 0.6) is 0 Å². The third-order valence-electron chi connectivity index (χ3n) is 5.27. The number of ketones is 2. The smallest absolute Gasteiger partial charge is 0.196 e. The molecule has 5 rings (SSSR count). The van der Waals surface area contributed by atoms with Crippen molar-refractivity contribution in [3.8, 4) is 0 Å². The summed E-state index contributed by atoms with van der Waals surface area (Å²) in [7, 11) is 0. The Bertz CT molecular complexity index is 1210. The summed E-state index contributed by atoms with van der Waals surface area (Å²) >= 11 is 0. The van der Waals surface area contributed by atoms with Crippen molar-refractivity contribution in [2.75, 3.05) is 5.32 Å². The van der Waals surface area contributed by atoms with Crippen LogP contribution in [0.1, 0.15) is 37.4 Å². The van der Waals surface area contributed by atoms with Gasteiger partial charge in [-0.25, -0.2) is 0 Å². The molecule has 2 aliphatic rings. The highest BCUT2D eigenvalue weighted by atomic mass is 16.1. The molecule has 0 saturated heterocycles. The van der Waals surface area contributed by atoms with Crippen molar-refractivity contribution < 1.29 is 9.59 Å². The van der Waals surface area contributed by atoms with Gasteiger partial charge in [-0.15, -0.1) is 0 Å². The maximum absolute atomic E-state index is 13.3. The van der Waals surface area contributed by atoms with Crippen molar-refractivity contribution in [1.29, 1.82) is 0 Å². The minimum atomic E-state index is -0.0588. The average molecular weight is 363 g/mol. The maximum atomic E-state index is 13.3. The first kappa shape index (κ1) is 16.5. The van der Waals surface area contributed by atoms with Crippen molar-refractivity contribution in [1.82, 2.24) is 0 Å². The molecule has 0 heterocycles. The van der Waals surface area contributed by atoms with Gasteiger partial charge in [-0.3, -0.25) is 9.59 Å². The van der Waals surface area contributed by atoms with Gasteiger partial charge >= 0.3 is 0 Å². The molecule has 0 spiro atoms. The molecule has 1 N–H and O–H groups in total. The summed E-state index contributed by atoms with van der Waals surface area (Å²) in [6.45, 7) is 2.04. The first-order valence-electron chi connectivity index (χ1n) is 9.21. The summed E-state index contributed by atoms with van der Waals surface area (Å²) in [5.74, 6) is -0.113. The second-order valence-corrected chi connectivity index (χ2v) is 7.08. The number of carbonyl (C=O) groups excluding carboxylic acids is 2. The van der Waals surface area contributed by atoms with E-state index in [0.29, 0.717) is 22.3 Å². The Morgan fingerprint density at radius 3 is 2.00 bits per heavy atom. The lowest BCUT2D eigenvalue weighted by Crippen LogP contribution is -2.03. The van der Waals surface area contributed by atoms with Crippen molar-refractivity contribution in [3.63, 3.8) is 0 Å². The molecule has 0 aromatic heterocycles.